The Kier molecular flexibility index (Phi) is 4.02. The number of carbonyl (C=O) groups is 1. The molecule has 2 aliphatic rings. The van der Waals surface area contributed by atoms with Gasteiger partial charge in [-0.2, -0.15) is 0 Å². The molecule has 0 radical (unpaired) electrons. The highest BCUT2D eigenvalue weighted by atomic mass is 35.5. The maximum Gasteiger partial charge on any atom is 0.230 e. The molecule has 0 unspecified atom stereocenters. The highest BCUT2D eigenvalue weighted by Gasteiger charge is 2.51. The van der Waals surface area contributed by atoms with Crippen LogP contribution in [-0.2, 0) is 10.2 Å². The van der Waals surface area contributed by atoms with E-state index in [4.69, 9.17) is 11.6 Å². The Balaban J connectivity index is 1.70. The van der Waals surface area contributed by atoms with E-state index in [2.05, 4.69) is 5.32 Å². The van der Waals surface area contributed by atoms with Gasteiger partial charge in [0, 0.05) is 11.1 Å². The van der Waals surface area contributed by atoms with Crippen molar-refractivity contribution in [3.8, 4) is 0 Å². The molecule has 0 atom stereocenters. The van der Waals surface area contributed by atoms with Crippen LogP contribution >= 0.6 is 11.6 Å². The van der Waals surface area contributed by atoms with E-state index in [1.807, 2.05) is 24.3 Å². The average Bonchev–Trinajstić information content (AvgIpc) is 3.24. The minimum absolute atomic E-state index is 0.215. The number of hydrogen-bond donors (Lipinski definition) is 1. The number of hydrogen-bond acceptors (Lipinski definition) is 1. The molecule has 1 amide bonds. The Morgan fingerprint density at radius 3 is 2.45 bits per heavy atom. The maximum atomic E-state index is 12.7. The number of halogens is 1. The van der Waals surface area contributed by atoms with Crippen LogP contribution < -0.4 is 5.32 Å². The molecule has 0 bridgehead atoms. The van der Waals surface area contributed by atoms with E-state index in [9.17, 15) is 4.79 Å². The standard InChI is InChI=1S/C17H22ClNO/c18-14-7-5-6-13(12-14)17(10-11-17)16(20)19-15-8-3-1-2-4-9-15/h5-7,12,15H,1-4,8-11H2,(H,19,20). The number of amides is 1. The molecule has 0 saturated heterocycles. The summed E-state index contributed by atoms with van der Waals surface area (Å²) in [4.78, 5) is 12.7. The smallest absolute Gasteiger partial charge is 0.230 e. The first-order valence-corrected chi connectivity index (χ1v) is 8.15. The highest BCUT2D eigenvalue weighted by molar-refractivity contribution is 6.30. The summed E-state index contributed by atoms with van der Waals surface area (Å²) in [5.41, 5.74) is 0.785. The summed E-state index contributed by atoms with van der Waals surface area (Å²) in [5.74, 6) is 0.215. The fourth-order valence-electron chi connectivity index (χ4n) is 3.31. The molecule has 0 spiro atoms. The molecule has 2 nitrogen and oxygen atoms in total. The second-order valence-electron chi connectivity index (χ2n) is 6.25. The topological polar surface area (TPSA) is 29.1 Å². The molecule has 1 aromatic carbocycles. The minimum atomic E-state index is -0.294. The van der Waals surface area contributed by atoms with E-state index < -0.39 is 0 Å². The zero-order valence-electron chi connectivity index (χ0n) is 11.8. The van der Waals surface area contributed by atoms with Crippen LogP contribution in [0.1, 0.15) is 56.9 Å². The molecule has 0 aliphatic heterocycles. The van der Waals surface area contributed by atoms with Gasteiger partial charge >= 0.3 is 0 Å². The molecule has 108 valence electrons. The van der Waals surface area contributed by atoms with Crippen LogP contribution in [-0.4, -0.2) is 11.9 Å². The lowest BCUT2D eigenvalue weighted by Crippen LogP contribution is -2.41. The van der Waals surface area contributed by atoms with Crippen LogP contribution in [0, 0.1) is 0 Å². The molecular weight excluding hydrogens is 270 g/mol. The van der Waals surface area contributed by atoms with Crippen LogP contribution in [0.2, 0.25) is 5.02 Å². The fraction of sp³-hybridized carbons (Fsp3) is 0.588. The zero-order valence-corrected chi connectivity index (χ0v) is 12.6. The van der Waals surface area contributed by atoms with Gasteiger partial charge in [-0.3, -0.25) is 4.79 Å². The van der Waals surface area contributed by atoms with Crippen LogP contribution in [0.3, 0.4) is 0 Å². The molecule has 3 heteroatoms. The van der Waals surface area contributed by atoms with Crippen LogP contribution in [0.25, 0.3) is 0 Å². The van der Waals surface area contributed by atoms with E-state index in [1.165, 1.54) is 25.7 Å². The molecule has 1 N–H and O–H groups in total. The third-order valence-corrected chi connectivity index (χ3v) is 4.99. The van der Waals surface area contributed by atoms with Gasteiger partial charge in [0.25, 0.3) is 0 Å². The van der Waals surface area contributed by atoms with Crippen molar-refractivity contribution in [3.05, 3.63) is 34.9 Å². The normalized spacial score (nSPS) is 22.1. The molecule has 2 fully saturated rings. The monoisotopic (exact) mass is 291 g/mol. The Morgan fingerprint density at radius 1 is 1.15 bits per heavy atom. The quantitative estimate of drug-likeness (QED) is 0.831. The summed E-state index contributed by atoms with van der Waals surface area (Å²) in [6.45, 7) is 0. The lowest BCUT2D eigenvalue weighted by molar-refractivity contribution is -0.124. The largest absolute Gasteiger partial charge is 0.353 e. The minimum Gasteiger partial charge on any atom is -0.353 e. The van der Waals surface area contributed by atoms with Crippen molar-refractivity contribution in [1.29, 1.82) is 0 Å². The first-order valence-electron chi connectivity index (χ1n) is 7.78. The molecule has 3 rings (SSSR count). The number of carbonyl (C=O) groups excluding carboxylic acids is 1. The zero-order chi connectivity index (χ0) is 14.0. The summed E-state index contributed by atoms with van der Waals surface area (Å²) >= 11 is 6.07. The van der Waals surface area contributed by atoms with Crippen molar-refractivity contribution < 1.29 is 4.79 Å². The molecule has 1 aromatic rings. The second kappa shape index (κ2) is 5.77. The summed E-state index contributed by atoms with van der Waals surface area (Å²) in [7, 11) is 0. The summed E-state index contributed by atoms with van der Waals surface area (Å²) in [6, 6.07) is 8.16. The molecule has 0 aromatic heterocycles. The molecule has 20 heavy (non-hydrogen) atoms. The predicted octanol–water partition coefficient (Wildman–Crippen LogP) is 4.21. The highest BCUT2D eigenvalue weighted by Crippen LogP contribution is 2.49. The Bertz CT molecular complexity index is 488. The number of rotatable bonds is 3. The van der Waals surface area contributed by atoms with Crippen molar-refractivity contribution in [2.75, 3.05) is 0 Å². The van der Waals surface area contributed by atoms with Crippen molar-refractivity contribution in [2.45, 2.75) is 62.8 Å². The van der Waals surface area contributed by atoms with Gasteiger partial charge in [0.1, 0.15) is 0 Å². The van der Waals surface area contributed by atoms with Gasteiger partial charge in [-0.25, -0.2) is 0 Å². The van der Waals surface area contributed by atoms with Crippen LogP contribution in [0.4, 0.5) is 0 Å². The number of benzene rings is 1. The van der Waals surface area contributed by atoms with Crippen molar-refractivity contribution in [3.63, 3.8) is 0 Å². The first-order chi connectivity index (χ1) is 9.71. The summed E-state index contributed by atoms with van der Waals surface area (Å²) in [6.07, 6.45) is 9.29. The lowest BCUT2D eigenvalue weighted by Gasteiger charge is -2.21. The lowest BCUT2D eigenvalue weighted by atomic mass is 9.94. The van der Waals surface area contributed by atoms with E-state index in [1.54, 1.807) is 0 Å². The first kappa shape index (κ1) is 13.9. The van der Waals surface area contributed by atoms with Gasteiger partial charge in [-0.15, -0.1) is 0 Å². The maximum absolute atomic E-state index is 12.7. The second-order valence-corrected chi connectivity index (χ2v) is 6.69. The average molecular weight is 292 g/mol. The third-order valence-electron chi connectivity index (χ3n) is 4.75. The molecule has 2 saturated carbocycles. The van der Waals surface area contributed by atoms with Crippen LogP contribution in [0.15, 0.2) is 24.3 Å². The third kappa shape index (κ3) is 2.85. The van der Waals surface area contributed by atoms with Gasteiger partial charge in [0.15, 0.2) is 0 Å². The van der Waals surface area contributed by atoms with E-state index >= 15 is 0 Å². The van der Waals surface area contributed by atoms with Crippen molar-refractivity contribution >= 4 is 17.5 Å². The fourth-order valence-corrected chi connectivity index (χ4v) is 3.50. The van der Waals surface area contributed by atoms with Gasteiger partial charge in [-0.05, 0) is 43.4 Å². The Hall–Kier alpha value is -1.02. The van der Waals surface area contributed by atoms with Gasteiger partial charge in [0.05, 0.1) is 5.41 Å². The van der Waals surface area contributed by atoms with Gasteiger partial charge in [0.2, 0.25) is 5.91 Å². The summed E-state index contributed by atoms with van der Waals surface area (Å²) in [5, 5.41) is 4.02. The van der Waals surface area contributed by atoms with E-state index in [-0.39, 0.29) is 11.3 Å². The van der Waals surface area contributed by atoms with Crippen molar-refractivity contribution in [1.82, 2.24) is 5.32 Å². The predicted molar refractivity (Wildman–Crippen MR) is 82.0 cm³/mol. The Morgan fingerprint density at radius 2 is 1.85 bits per heavy atom. The molecule has 2 aliphatic carbocycles. The van der Waals surface area contributed by atoms with Crippen LogP contribution in [0.5, 0.6) is 0 Å². The van der Waals surface area contributed by atoms with E-state index in [0.717, 1.165) is 36.3 Å². The van der Waals surface area contributed by atoms with Crippen molar-refractivity contribution in [2.24, 2.45) is 0 Å². The SMILES string of the molecule is O=C(NC1CCCCCC1)C1(c2cccc(Cl)c2)CC1. The van der Waals surface area contributed by atoms with Gasteiger partial charge in [-0.1, -0.05) is 49.4 Å². The Labute approximate surface area is 125 Å². The van der Waals surface area contributed by atoms with E-state index in [0.29, 0.717) is 6.04 Å². The summed E-state index contributed by atoms with van der Waals surface area (Å²) < 4.78 is 0. The molecule has 0 heterocycles. The number of nitrogens with one attached hydrogen (secondary N) is 1. The molecular formula is C17H22ClNO. The van der Waals surface area contributed by atoms with Gasteiger partial charge < -0.3 is 5.32 Å².